The van der Waals surface area contributed by atoms with Crippen LogP contribution in [-0.4, -0.2) is 18.9 Å². The molecule has 4 aliphatic carbocycles. The third-order valence-corrected chi connectivity index (χ3v) is 7.31. The molecule has 146 valence electrons. The zero-order valence-corrected chi connectivity index (χ0v) is 16.3. The number of Topliss-reactive ketones (excluding diaryl/α,β-unsaturated/α-hetero) is 1. The number of rotatable bonds is 6. The Bertz CT molecular complexity index is 809. The minimum atomic E-state index is -0.229. The van der Waals surface area contributed by atoms with E-state index in [1.807, 2.05) is 42.5 Å². The van der Waals surface area contributed by atoms with Gasteiger partial charge in [-0.05, 0) is 86.0 Å². The van der Waals surface area contributed by atoms with Crippen LogP contribution in [0.5, 0.6) is 0 Å². The Morgan fingerprint density at radius 3 is 2.04 bits per heavy atom. The van der Waals surface area contributed by atoms with Gasteiger partial charge in [-0.15, -0.1) is 0 Å². The average Bonchev–Trinajstić information content (AvgIpc) is 2.67. The van der Waals surface area contributed by atoms with Crippen LogP contribution in [0.25, 0.3) is 0 Å². The summed E-state index contributed by atoms with van der Waals surface area (Å²) >= 11 is 0. The maximum atomic E-state index is 13.5. The second-order valence-corrected chi connectivity index (χ2v) is 9.54. The average molecular weight is 378 g/mol. The molecular formula is C25H28FNO. The predicted octanol–water partition coefficient (Wildman–Crippen LogP) is 5.73. The van der Waals surface area contributed by atoms with Crippen LogP contribution >= 0.6 is 0 Å². The minimum Gasteiger partial charge on any atom is -0.363 e. The van der Waals surface area contributed by atoms with Crippen LogP contribution in [0, 0.1) is 29.0 Å². The van der Waals surface area contributed by atoms with Gasteiger partial charge in [-0.3, -0.25) is 4.79 Å². The number of ketones is 1. The normalized spacial score (nSPS) is 30.4. The van der Waals surface area contributed by atoms with Crippen molar-refractivity contribution in [2.45, 2.75) is 38.5 Å². The van der Waals surface area contributed by atoms with Gasteiger partial charge in [0, 0.05) is 17.8 Å². The summed E-state index contributed by atoms with van der Waals surface area (Å²) in [6, 6.07) is 16.2. The van der Waals surface area contributed by atoms with Gasteiger partial charge in [-0.1, -0.05) is 30.3 Å². The molecule has 0 spiro atoms. The first-order valence-electron chi connectivity index (χ1n) is 10.7. The van der Waals surface area contributed by atoms with Crippen molar-refractivity contribution < 1.29 is 9.18 Å². The molecule has 2 aromatic carbocycles. The Morgan fingerprint density at radius 2 is 1.46 bits per heavy atom. The molecule has 0 radical (unpaired) electrons. The summed E-state index contributed by atoms with van der Waals surface area (Å²) in [4.78, 5) is 15.2. The fourth-order valence-corrected chi connectivity index (χ4v) is 6.67. The summed E-state index contributed by atoms with van der Waals surface area (Å²) in [5.74, 6) is 2.55. The van der Waals surface area contributed by atoms with Crippen LogP contribution in [0.4, 0.5) is 10.1 Å². The smallest absolute Gasteiger partial charge is 0.182 e. The third-order valence-electron chi connectivity index (χ3n) is 7.31. The van der Waals surface area contributed by atoms with Gasteiger partial charge in [-0.25, -0.2) is 4.39 Å². The highest BCUT2D eigenvalue weighted by molar-refractivity contribution is 5.99. The number of carbonyl (C=O) groups excluding carboxylic acids is 1. The standard InChI is InChI=1S/C25H28FNO/c26-22-6-8-23(9-7-22)27(16-24(28)21-4-2-1-3-5-21)17-25-13-18-10-19(14-25)12-20(11-18)15-25/h1-9,18-20H,10-17H2. The molecule has 0 unspecified atom stereocenters. The molecule has 0 aliphatic heterocycles. The molecule has 2 aromatic rings. The monoisotopic (exact) mass is 377 g/mol. The van der Waals surface area contributed by atoms with Gasteiger partial charge in [-0.2, -0.15) is 0 Å². The maximum absolute atomic E-state index is 13.5. The van der Waals surface area contributed by atoms with Gasteiger partial charge in [0.1, 0.15) is 5.82 Å². The summed E-state index contributed by atoms with van der Waals surface area (Å²) < 4.78 is 13.5. The number of hydrogen-bond acceptors (Lipinski definition) is 2. The van der Waals surface area contributed by atoms with Crippen LogP contribution in [0.15, 0.2) is 54.6 Å². The fraction of sp³-hybridized carbons (Fsp3) is 0.480. The Kier molecular flexibility index (Phi) is 4.49. The Morgan fingerprint density at radius 1 is 0.893 bits per heavy atom. The predicted molar refractivity (Wildman–Crippen MR) is 110 cm³/mol. The maximum Gasteiger partial charge on any atom is 0.182 e. The van der Waals surface area contributed by atoms with Crippen molar-refractivity contribution in [3.05, 3.63) is 66.0 Å². The van der Waals surface area contributed by atoms with Crippen LogP contribution < -0.4 is 4.90 Å². The molecule has 0 amide bonds. The second-order valence-electron chi connectivity index (χ2n) is 9.54. The highest BCUT2D eigenvalue weighted by Crippen LogP contribution is 2.60. The van der Waals surface area contributed by atoms with Crippen LogP contribution in [0.3, 0.4) is 0 Å². The minimum absolute atomic E-state index is 0.134. The molecule has 0 heterocycles. The lowest BCUT2D eigenvalue weighted by atomic mass is 9.49. The highest BCUT2D eigenvalue weighted by atomic mass is 19.1. The van der Waals surface area contributed by atoms with Gasteiger partial charge in [0.05, 0.1) is 6.54 Å². The van der Waals surface area contributed by atoms with Crippen molar-refractivity contribution in [1.82, 2.24) is 0 Å². The quantitative estimate of drug-likeness (QED) is 0.599. The number of carbonyl (C=O) groups is 1. The van der Waals surface area contributed by atoms with E-state index >= 15 is 0 Å². The summed E-state index contributed by atoms with van der Waals surface area (Å²) in [6.45, 7) is 1.28. The number of nitrogens with zero attached hydrogens (tertiary/aromatic N) is 1. The van der Waals surface area contributed by atoms with Crippen molar-refractivity contribution in [3.8, 4) is 0 Å². The van der Waals surface area contributed by atoms with Crippen molar-refractivity contribution in [2.75, 3.05) is 18.0 Å². The molecule has 6 rings (SSSR count). The Labute approximate surface area is 166 Å². The first-order valence-corrected chi connectivity index (χ1v) is 10.7. The highest BCUT2D eigenvalue weighted by Gasteiger charge is 2.51. The van der Waals surface area contributed by atoms with E-state index in [1.165, 1.54) is 50.7 Å². The lowest BCUT2D eigenvalue weighted by Gasteiger charge is -2.58. The van der Waals surface area contributed by atoms with Gasteiger partial charge >= 0.3 is 0 Å². The number of benzene rings is 2. The van der Waals surface area contributed by atoms with Crippen molar-refractivity contribution in [1.29, 1.82) is 0 Å². The van der Waals surface area contributed by atoms with E-state index in [0.29, 0.717) is 12.0 Å². The molecule has 4 aliphatic rings. The molecule has 0 N–H and O–H groups in total. The van der Waals surface area contributed by atoms with E-state index in [1.54, 1.807) is 0 Å². The zero-order valence-electron chi connectivity index (χ0n) is 16.3. The van der Waals surface area contributed by atoms with E-state index in [-0.39, 0.29) is 11.6 Å². The largest absolute Gasteiger partial charge is 0.363 e. The van der Waals surface area contributed by atoms with E-state index < -0.39 is 0 Å². The molecule has 28 heavy (non-hydrogen) atoms. The SMILES string of the molecule is O=C(CN(CC12CC3CC(CC(C3)C1)C2)c1ccc(F)cc1)c1ccccc1. The van der Waals surface area contributed by atoms with Crippen LogP contribution in [0.1, 0.15) is 48.9 Å². The Hall–Kier alpha value is -2.16. The van der Waals surface area contributed by atoms with Crippen molar-refractivity contribution in [2.24, 2.45) is 23.2 Å². The first kappa shape index (κ1) is 17.9. The number of anilines is 1. The lowest BCUT2D eigenvalue weighted by molar-refractivity contribution is -0.0475. The van der Waals surface area contributed by atoms with Crippen molar-refractivity contribution in [3.63, 3.8) is 0 Å². The molecule has 0 atom stereocenters. The molecular weight excluding hydrogens is 349 g/mol. The third kappa shape index (κ3) is 3.47. The van der Waals surface area contributed by atoms with Crippen molar-refractivity contribution >= 4 is 11.5 Å². The molecule has 4 bridgehead atoms. The van der Waals surface area contributed by atoms with E-state index in [9.17, 15) is 9.18 Å². The second kappa shape index (κ2) is 7.02. The molecule has 2 nitrogen and oxygen atoms in total. The zero-order chi connectivity index (χ0) is 19.1. The fourth-order valence-electron chi connectivity index (χ4n) is 6.67. The van der Waals surface area contributed by atoms with E-state index in [4.69, 9.17) is 0 Å². The summed E-state index contributed by atoms with van der Waals surface area (Å²) in [5, 5.41) is 0. The topological polar surface area (TPSA) is 20.3 Å². The van der Waals surface area contributed by atoms with Gasteiger partial charge in [0.2, 0.25) is 0 Å². The Balaban J connectivity index is 1.41. The van der Waals surface area contributed by atoms with Crippen LogP contribution in [-0.2, 0) is 0 Å². The molecule has 4 saturated carbocycles. The first-order chi connectivity index (χ1) is 13.6. The van der Waals surface area contributed by atoms with E-state index in [0.717, 1.165) is 35.5 Å². The van der Waals surface area contributed by atoms with Gasteiger partial charge < -0.3 is 4.90 Å². The lowest BCUT2D eigenvalue weighted by Crippen LogP contribution is -2.52. The molecule has 3 heteroatoms. The summed E-state index contributed by atoms with van der Waals surface area (Å²) in [7, 11) is 0. The number of halogens is 1. The summed E-state index contributed by atoms with van der Waals surface area (Å²) in [5.41, 5.74) is 2.04. The summed E-state index contributed by atoms with van der Waals surface area (Å²) in [6.07, 6.45) is 8.15. The molecule has 0 aromatic heterocycles. The van der Waals surface area contributed by atoms with Gasteiger partial charge in [0.25, 0.3) is 0 Å². The van der Waals surface area contributed by atoms with E-state index in [2.05, 4.69) is 4.90 Å². The van der Waals surface area contributed by atoms with Crippen LogP contribution in [0.2, 0.25) is 0 Å². The molecule has 4 fully saturated rings. The molecule has 0 saturated heterocycles. The van der Waals surface area contributed by atoms with Gasteiger partial charge in [0.15, 0.2) is 5.78 Å². The number of hydrogen-bond donors (Lipinski definition) is 0.